The molecular formula is C11H20O2. The Balaban J connectivity index is 3.70. The van der Waals surface area contributed by atoms with Crippen molar-refractivity contribution in [3.63, 3.8) is 0 Å². The minimum absolute atomic E-state index is 0.311. The third-order valence-electron chi connectivity index (χ3n) is 2.37. The van der Waals surface area contributed by atoms with E-state index in [-0.39, 0.29) is 0 Å². The predicted octanol–water partition coefficient (Wildman–Crippen LogP) is 3.23. The summed E-state index contributed by atoms with van der Waals surface area (Å²) in [6.07, 6.45) is 4.24. The minimum Gasteiger partial charge on any atom is -0.516 e. The molecule has 0 aliphatic rings. The zero-order chi connectivity index (χ0) is 10.3. The van der Waals surface area contributed by atoms with Crippen LogP contribution in [0.25, 0.3) is 0 Å². The number of hydrogen-bond donors (Lipinski definition) is 1. The van der Waals surface area contributed by atoms with Crippen molar-refractivity contribution in [2.45, 2.75) is 46.5 Å². The maximum atomic E-state index is 11.2. The largest absolute Gasteiger partial charge is 0.516 e. The second kappa shape index (κ2) is 6.70. The molecule has 0 aliphatic heterocycles. The highest BCUT2D eigenvalue weighted by molar-refractivity contribution is 5.78. The van der Waals surface area contributed by atoms with E-state index >= 15 is 0 Å². The van der Waals surface area contributed by atoms with Crippen LogP contribution in [0.5, 0.6) is 0 Å². The average Bonchev–Trinajstić information content (AvgIpc) is 2.13. The number of hydrogen-bond acceptors (Lipinski definition) is 2. The van der Waals surface area contributed by atoms with Gasteiger partial charge in [-0.25, -0.2) is 0 Å². The molecule has 0 rings (SSSR count). The van der Waals surface area contributed by atoms with E-state index in [1.807, 2.05) is 20.8 Å². The zero-order valence-electron chi connectivity index (χ0n) is 8.84. The van der Waals surface area contributed by atoms with Gasteiger partial charge in [-0.15, -0.1) is 0 Å². The van der Waals surface area contributed by atoms with E-state index in [9.17, 15) is 4.79 Å². The van der Waals surface area contributed by atoms with Gasteiger partial charge in [-0.2, -0.15) is 0 Å². The molecule has 1 atom stereocenters. The fourth-order valence-corrected chi connectivity index (χ4v) is 1.14. The Bertz CT molecular complexity index is 183. The van der Waals surface area contributed by atoms with Gasteiger partial charge in [-0.3, -0.25) is 4.79 Å². The van der Waals surface area contributed by atoms with Gasteiger partial charge >= 0.3 is 0 Å². The Morgan fingerprint density at radius 3 is 2.54 bits per heavy atom. The molecule has 2 heteroatoms. The first-order chi connectivity index (χ1) is 6.11. The van der Waals surface area contributed by atoms with Crippen LogP contribution in [0.2, 0.25) is 0 Å². The van der Waals surface area contributed by atoms with Crippen LogP contribution < -0.4 is 0 Å². The molecule has 0 aromatic heterocycles. The Labute approximate surface area is 80.7 Å². The fourth-order valence-electron chi connectivity index (χ4n) is 1.14. The van der Waals surface area contributed by atoms with Gasteiger partial charge in [0.05, 0.1) is 6.26 Å². The Morgan fingerprint density at radius 2 is 2.08 bits per heavy atom. The third-order valence-corrected chi connectivity index (χ3v) is 2.37. The molecule has 0 aliphatic carbocycles. The highest BCUT2D eigenvalue weighted by Crippen LogP contribution is 2.15. The van der Waals surface area contributed by atoms with Gasteiger partial charge in [0.2, 0.25) is 0 Å². The lowest BCUT2D eigenvalue weighted by molar-refractivity contribution is -0.119. The zero-order valence-corrected chi connectivity index (χ0v) is 8.84. The summed E-state index contributed by atoms with van der Waals surface area (Å²) in [6, 6.07) is 0. The van der Waals surface area contributed by atoms with Crippen LogP contribution in [0.4, 0.5) is 0 Å². The summed E-state index contributed by atoms with van der Waals surface area (Å²) >= 11 is 0. The summed E-state index contributed by atoms with van der Waals surface area (Å²) in [6.45, 7) is 5.93. The predicted molar refractivity (Wildman–Crippen MR) is 54.7 cm³/mol. The highest BCUT2D eigenvalue weighted by Gasteiger charge is 2.07. The molecule has 0 radical (unpaired) electrons. The quantitative estimate of drug-likeness (QED) is 0.643. The molecule has 1 unspecified atom stereocenters. The molecule has 2 nitrogen and oxygen atoms in total. The Hall–Kier alpha value is -0.790. The number of allylic oxidation sites excluding steroid dienone is 1. The van der Waals surface area contributed by atoms with Crippen LogP contribution in [0.3, 0.4) is 0 Å². The smallest absolute Gasteiger partial charge is 0.132 e. The highest BCUT2D eigenvalue weighted by atomic mass is 16.2. The molecular weight excluding hydrogens is 164 g/mol. The van der Waals surface area contributed by atoms with Crippen LogP contribution in [-0.2, 0) is 4.79 Å². The summed E-state index contributed by atoms with van der Waals surface area (Å²) in [5, 5.41) is 8.73. The minimum atomic E-state index is 0.311. The van der Waals surface area contributed by atoms with Crippen molar-refractivity contribution in [1.29, 1.82) is 0 Å². The molecule has 76 valence electrons. The maximum Gasteiger partial charge on any atom is 0.132 e. The van der Waals surface area contributed by atoms with Crippen LogP contribution in [0.1, 0.15) is 46.5 Å². The van der Waals surface area contributed by atoms with Crippen molar-refractivity contribution in [2.24, 2.45) is 5.92 Å². The number of carbonyl (C=O) groups excluding carboxylic acids is 1. The molecule has 1 N–H and O–H groups in total. The SMILES string of the molecule is CCCC(=O)CCC(C)/C(C)=C\O. The normalized spacial score (nSPS) is 14.2. The molecule has 0 heterocycles. The van der Waals surface area contributed by atoms with Gasteiger partial charge in [0.25, 0.3) is 0 Å². The lowest BCUT2D eigenvalue weighted by Crippen LogP contribution is -2.03. The van der Waals surface area contributed by atoms with E-state index in [2.05, 4.69) is 0 Å². The molecule has 0 spiro atoms. The monoisotopic (exact) mass is 184 g/mol. The van der Waals surface area contributed by atoms with Gasteiger partial charge in [0, 0.05) is 12.8 Å². The van der Waals surface area contributed by atoms with E-state index in [0.717, 1.165) is 24.7 Å². The maximum absolute atomic E-state index is 11.2. The van der Waals surface area contributed by atoms with E-state index in [1.54, 1.807) is 0 Å². The number of aliphatic hydroxyl groups excluding tert-OH is 1. The van der Waals surface area contributed by atoms with Gasteiger partial charge in [0.1, 0.15) is 5.78 Å². The van der Waals surface area contributed by atoms with Gasteiger partial charge < -0.3 is 5.11 Å². The topological polar surface area (TPSA) is 37.3 Å². The van der Waals surface area contributed by atoms with Crippen LogP contribution in [-0.4, -0.2) is 10.9 Å². The van der Waals surface area contributed by atoms with Gasteiger partial charge in [-0.05, 0) is 31.3 Å². The molecule has 0 bridgehead atoms. The molecule has 0 aromatic carbocycles. The fraction of sp³-hybridized carbons (Fsp3) is 0.727. The van der Waals surface area contributed by atoms with E-state index < -0.39 is 0 Å². The second-order valence-electron chi connectivity index (χ2n) is 3.60. The van der Waals surface area contributed by atoms with Crippen LogP contribution in [0.15, 0.2) is 11.8 Å². The number of aliphatic hydroxyl groups is 1. The molecule has 0 fully saturated rings. The van der Waals surface area contributed by atoms with E-state index in [1.165, 1.54) is 0 Å². The van der Waals surface area contributed by atoms with Crippen molar-refractivity contribution >= 4 is 5.78 Å². The molecule has 0 saturated carbocycles. The second-order valence-corrected chi connectivity index (χ2v) is 3.60. The van der Waals surface area contributed by atoms with Crippen molar-refractivity contribution in [2.75, 3.05) is 0 Å². The van der Waals surface area contributed by atoms with Crippen molar-refractivity contribution < 1.29 is 9.90 Å². The number of ketones is 1. The number of Topliss-reactive ketones (excluding diaryl/α,β-unsaturated/α-hetero) is 1. The standard InChI is InChI=1S/C11H20O2/c1-4-5-11(13)7-6-9(2)10(3)8-12/h8-9,12H,4-7H2,1-3H3/b10-8-. The summed E-state index contributed by atoms with van der Waals surface area (Å²) in [5.41, 5.74) is 0.948. The number of rotatable bonds is 6. The summed E-state index contributed by atoms with van der Waals surface area (Å²) in [4.78, 5) is 11.2. The average molecular weight is 184 g/mol. The van der Waals surface area contributed by atoms with Crippen LogP contribution >= 0.6 is 0 Å². The molecule has 0 saturated heterocycles. The Kier molecular flexibility index (Phi) is 6.29. The lowest BCUT2D eigenvalue weighted by atomic mass is 9.96. The Morgan fingerprint density at radius 1 is 1.46 bits per heavy atom. The van der Waals surface area contributed by atoms with Gasteiger partial charge in [-0.1, -0.05) is 13.8 Å². The summed E-state index contributed by atoms with van der Waals surface area (Å²) in [5.74, 6) is 0.644. The van der Waals surface area contributed by atoms with E-state index in [0.29, 0.717) is 24.5 Å². The third kappa shape index (κ3) is 5.45. The lowest BCUT2D eigenvalue weighted by Gasteiger charge is -2.09. The first kappa shape index (κ1) is 12.2. The first-order valence-electron chi connectivity index (χ1n) is 4.94. The summed E-state index contributed by atoms with van der Waals surface area (Å²) < 4.78 is 0. The first-order valence-corrected chi connectivity index (χ1v) is 4.94. The molecule has 13 heavy (non-hydrogen) atoms. The van der Waals surface area contributed by atoms with Crippen molar-refractivity contribution in [3.8, 4) is 0 Å². The summed E-state index contributed by atoms with van der Waals surface area (Å²) in [7, 11) is 0. The van der Waals surface area contributed by atoms with Crippen LogP contribution in [0, 0.1) is 5.92 Å². The molecule has 0 aromatic rings. The van der Waals surface area contributed by atoms with Gasteiger partial charge in [0.15, 0.2) is 0 Å². The number of carbonyl (C=O) groups is 1. The molecule has 0 amide bonds. The van der Waals surface area contributed by atoms with Crippen molar-refractivity contribution in [3.05, 3.63) is 11.8 Å². The van der Waals surface area contributed by atoms with Crippen molar-refractivity contribution in [1.82, 2.24) is 0 Å². The van der Waals surface area contributed by atoms with E-state index in [4.69, 9.17) is 5.11 Å².